The van der Waals surface area contributed by atoms with Gasteiger partial charge in [0, 0.05) is 6.08 Å². The molecule has 0 bridgehead atoms. The predicted molar refractivity (Wildman–Crippen MR) is 91.3 cm³/mol. The molecule has 0 aliphatic rings. The summed E-state index contributed by atoms with van der Waals surface area (Å²) < 4.78 is -4.41. The molecule has 0 aromatic carbocycles. The number of allylic oxidation sites excluding steroid dienone is 2. The number of carbonyl (C=O) groups is 2. The van der Waals surface area contributed by atoms with Crippen molar-refractivity contribution in [1.82, 2.24) is 0 Å². The van der Waals surface area contributed by atoms with Gasteiger partial charge in [-0.1, -0.05) is 69.6 Å². The first-order valence-corrected chi connectivity index (χ1v) is 8.13. The fourth-order valence-electron chi connectivity index (χ4n) is 1.19. The van der Waals surface area contributed by atoms with E-state index in [0.717, 1.165) is 6.08 Å². The number of hydrogen-bond acceptors (Lipinski definition) is 2. The highest BCUT2D eigenvalue weighted by molar-refractivity contribution is 6.71. The van der Waals surface area contributed by atoms with E-state index in [1.807, 2.05) is 0 Å². The molecule has 126 valence electrons. The summed E-state index contributed by atoms with van der Waals surface area (Å²) in [7, 11) is 0. The van der Waals surface area contributed by atoms with E-state index >= 15 is 0 Å². The van der Waals surface area contributed by atoms with Crippen molar-refractivity contribution in [1.29, 1.82) is 0 Å². The SMILES string of the molecule is O=C(O)C=CC(=C(C(=O)O)C(Cl)C(Cl)(Cl)Cl)C(Cl)C(Cl)(Cl)Cl. The van der Waals surface area contributed by atoms with Crippen LogP contribution in [0.15, 0.2) is 23.3 Å². The van der Waals surface area contributed by atoms with E-state index in [-0.39, 0.29) is 0 Å². The maximum Gasteiger partial charge on any atom is 0.333 e. The van der Waals surface area contributed by atoms with Gasteiger partial charge in [-0.2, -0.15) is 0 Å². The summed E-state index contributed by atoms with van der Waals surface area (Å²) in [6, 6.07) is 0. The van der Waals surface area contributed by atoms with Crippen LogP contribution in [-0.4, -0.2) is 40.5 Å². The van der Waals surface area contributed by atoms with Crippen LogP contribution in [-0.2, 0) is 9.59 Å². The molecule has 2 atom stereocenters. The molecule has 4 nitrogen and oxygen atoms in total. The summed E-state index contributed by atoms with van der Waals surface area (Å²) in [5.41, 5.74) is -1.15. The van der Waals surface area contributed by atoms with Crippen molar-refractivity contribution >= 4 is 105 Å². The van der Waals surface area contributed by atoms with Gasteiger partial charge in [-0.15, -0.1) is 23.2 Å². The molecule has 0 aliphatic heterocycles. The summed E-state index contributed by atoms with van der Waals surface area (Å²) in [6.45, 7) is 0. The van der Waals surface area contributed by atoms with Crippen LogP contribution >= 0.6 is 92.8 Å². The first-order valence-electron chi connectivity index (χ1n) is 4.99. The summed E-state index contributed by atoms with van der Waals surface area (Å²) in [5.74, 6) is -3.04. The first-order chi connectivity index (χ1) is 9.69. The third-order valence-corrected chi connectivity index (χ3v) is 5.14. The Balaban J connectivity index is 6.35. The van der Waals surface area contributed by atoms with Gasteiger partial charge in [0.15, 0.2) is 0 Å². The minimum atomic E-state index is -2.23. The van der Waals surface area contributed by atoms with Crippen LogP contribution in [0, 0.1) is 0 Å². The van der Waals surface area contributed by atoms with E-state index < -0.39 is 41.4 Å². The molecule has 0 radical (unpaired) electrons. The van der Waals surface area contributed by atoms with Gasteiger partial charge in [0.05, 0.1) is 5.57 Å². The molecule has 22 heavy (non-hydrogen) atoms. The van der Waals surface area contributed by atoms with Crippen LogP contribution in [0.4, 0.5) is 0 Å². The maximum absolute atomic E-state index is 11.4. The molecule has 12 heteroatoms. The van der Waals surface area contributed by atoms with Crippen molar-refractivity contribution in [3.8, 4) is 0 Å². The lowest BCUT2D eigenvalue weighted by Gasteiger charge is -2.25. The van der Waals surface area contributed by atoms with Gasteiger partial charge in [0.2, 0.25) is 7.59 Å². The lowest BCUT2D eigenvalue weighted by Crippen LogP contribution is -2.31. The summed E-state index contributed by atoms with van der Waals surface area (Å²) >= 11 is 45.2. The van der Waals surface area contributed by atoms with Crippen molar-refractivity contribution in [3.05, 3.63) is 23.3 Å². The zero-order valence-electron chi connectivity index (χ0n) is 10.0. The van der Waals surface area contributed by atoms with Gasteiger partial charge in [0.25, 0.3) is 0 Å². The van der Waals surface area contributed by atoms with Crippen molar-refractivity contribution in [2.45, 2.75) is 18.3 Å². The fourth-order valence-corrected chi connectivity index (χ4v) is 2.28. The van der Waals surface area contributed by atoms with E-state index in [0.29, 0.717) is 6.08 Å². The molecule has 0 aromatic rings. The normalized spacial score (nSPS) is 17.1. The zero-order valence-corrected chi connectivity index (χ0v) is 16.1. The van der Waals surface area contributed by atoms with Crippen LogP contribution in [0.3, 0.4) is 0 Å². The smallest absolute Gasteiger partial charge is 0.333 e. The number of alkyl halides is 8. The number of halogens is 8. The van der Waals surface area contributed by atoms with Crippen LogP contribution in [0.1, 0.15) is 0 Å². The Morgan fingerprint density at radius 2 is 1.23 bits per heavy atom. The van der Waals surface area contributed by atoms with Crippen LogP contribution < -0.4 is 0 Å². The standard InChI is InChI=1S/C10H6Cl8O4/c11-6(9(13,14)15)3(1-2-4(19)20)5(8(21)22)7(12)10(16,17)18/h1-2,6-7H,(H,19,20)(H,21,22). The molecule has 0 saturated heterocycles. The quantitative estimate of drug-likeness (QED) is 0.336. The lowest BCUT2D eigenvalue weighted by molar-refractivity contribution is -0.133. The highest BCUT2D eigenvalue weighted by Crippen LogP contribution is 2.43. The highest BCUT2D eigenvalue weighted by atomic mass is 35.6. The van der Waals surface area contributed by atoms with E-state index in [1.54, 1.807) is 0 Å². The van der Waals surface area contributed by atoms with Gasteiger partial charge in [-0.3, -0.25) is 0 Å². The minimum absolute atomic E-state index is 0.428. The largest absolute Gasteiger partial charge is 0.478 e. The Morgan fingerprint density at radius 1 is 0.818 bits per heavy atom. The number of carboxylic acids is 2. The van der Waals surface area contributed by atoms with Crippen molar-refractivity contribution in [2.75, 3.05) is 0 Å². The Kier molecular flexibility index (Phi) is 9.02. The maximum atomic E-state index is 11.4. The highest BCUT2D eigenvalue weighted by Gasteiger charge is 2.42. The second-order valence-electron chi connectivity index (χ2n) is 3.65. The predicted octanol–water partition coefficient (Wildman–Crippen LogP) is 4.96. The third-order valence-electron chi connectivity index (χ3n) is 2.05. The van der Waals surface area contributed by atoms with Crippen molar-refractivity contribution < 1.29 is 19.8 Å². The molecular formula is C10H6Cl8O4. The molecular weight excluding hydrogens is 468 g/mol. The summed E-state index contributed by atoms with van der Waals surface area (Å²) in [4.78, 5) is 22.0. The summed E-state index contributed by atoms with van der Waals surface area (Å²) in [6.07, 6.45) is 1.38. The van der Waals surface area contributed by atoms with Gasteiger partial charge >= 0.3 is 11.9 Å². The average molecular weight is 474 g/mol. The second-order valence-corrected chi connectivity index (χ2v) is 9.26. The Labute approximate surface area is 165 Å². The Morgan fingerprint density at radius 3 is 1.50 bits per heavy atom. The topological polar surface area (TPSA) is 74.6 Å². The molecule has 0 aromatic heterocycles. The van der Waals surface area contributed by atoms with Crippen LogP contribution in [0.2, 0.25) is 0 Å². The molecule has 0 aliphatic carbocycles. The minimum Gasteiger partial charge on any atom is -0.478 e. The molecule has 2 unspecified atom stereocenters. The Bertz CT molecular complexity index is 502. The molecule has 0 saturated carbocycles. The van der Waals surface area contributed by atoms with E-state index in [2.05, 4.69) is 0 Å². The number of carboxylic acid groups (broad SMARTS) is 2. The molecule has 0 spiro atoms. The van der Waals surface area contributed by atoms with Gasteiger partial charge in [-0.05, 0) is 11.6 Å². The number of aliphatic carboxylic acids is 2. The summed E-state index contributed by atoms with van der Waals surface area (Å²) in [5, 5.41) is 14.7. The van der Waals surface area contributed by atoms with Crippen molar-refractivity contribution in [2.24, 2.45) is 0 Å². The molecule has 0 amide bonds. The molecule has 2 N–H and O–H groups in total. The second kappa shape index (κ2) is 8.72. The van der Waals surface area contributed by atoms with Crippen molar-refractivity contribution in [3.63, 3.8) is 0 Å². The zero-order chi connectivity index (χ0) is 17.9. The Hall–Kier alpha value is 0.740. The number of rotatable bonds is 5. The number of hydrogen-bond donors (Lipinski definition) is 2. The van der Waals surface area contributed by atoms with Crippen LogP contribution in [0.5, 0.6) is 0 Å². The van der Waals surface area contributed by atoms with E-state index in [1.165, 1.54) is 0 Å². The molecule has 0 fully saturated rings. The van der Waals surface area contributed by atoms with E-state index in [9.17, 15) is 14.7 Å². The van der Waals surface area contributed by atoms with Gasteiger partial charge in [-0.25, -0.2) is 9.59 Å². The fraction of sp³-hybridized carbons (Fsp3) is 0.400. The first kappa shape index (κ1) is 22.7. The monoisotopic (exact) mass is 470 g/mol. The van der Waals surface area contributed by atoms with Gasteiger partial charge in [0.1, 0.15) is 10.8 Å². The van der Waals surface area contributed by atoms with Gasteiger partial charge < -0.3 is 10.2 Å². The molecule has 0 heterocycles. The van der Waals surface area contributed by atoms with E-state index in [4.69, 9.17) is 97.9 Å². The lowest BCUT2D eigenvalue weighted by atomic mass is 10.0. The van der Waals surface area contributed by atoms with Crippen LogP contribution in [0.25, 0.3) is 0 Å². The third kappa shape index (κ3) is 7.10. The molecule has 0 rings (SSSR count). The average Bonchev–Trinajstić information content (AvgIpc) is 2.29.